The molecule has 0 aromatic rings. The van der Waals surface area contributed by atoms with Gasteiger partial charge in [0, 0.05) is 13.1 Å². The van der Waals surface area contributed by atoms with Crippen LogP contribution >= 0.6 is 0 Å². The molecule has 0 aromatic heterocycles. The van der Waals surface area contributed by atoms with Gasteiger partial charge >= 0.3 is 0 Å². The van der Waals surface area contributed by atoms with E-state index < -0.39 is 0 Å². The average Bonchev–Trinajstić information content (AvgIpc) is 2.66. The summed E-state index contributed by atoms with van der Waals surface area (Å²) in [5, 5.41) is 3.18. The van der Waals surface area contributed by atoms with Gasteiger partial charge in [-0.1, -0.05) is 13.8 Å². The molecule has 1 aliphatic heterocycles. The molecule has 0 bridgehead atoms. The van der Waals surface area contributed by atoms with Crippen molar-refractivity contribution in [2.75, 3.05) is 33.2 Å². The van der Waals surface area contributed by atoms with E-state index in [1.165, 1.54) is 25.8 Å². The molecular formula is C12H26N2O. The van der Waals surface area contributed by atoms with Crippen LogP contribution in [-0.4, -0.2) is 50.3 Å². The Labute approximate surface area is 94.2 Å². The summed E-state index contributed by atoms with van der Waals surface area (Å²) in [6, 6.07) is 0. The lowest BCUT2D eigenvalue weighted by Gasteiger charge is -2.23. The van der Waals surface area contributed by atoms with Crippen LogP contribution in [0.15, 0.2) is 0 Å². The Bertz CT molecular complexity index is 164. The minimum Gasteiger partial charge on any atom is -0.372 e. The standard InChI is InChI=1S/C12H26N2O/c1-4-8-14(5-2)10-12-7-6-11(15-12)9-13-3/h11-13H,4-10H2,1-3H3. The maximum absolute atomic E-state index is 5.98. The number of rotatable bonds is 7. The molecule has 2 atom stereocenters. The normalized spacial score (nSPS) is 26.4. The molecule has 0 radical (unpaired) electrons. The van der Waals surface area contributed by atoms with Crippen molar-refractivity contribution in [1.82, 2.24) is 10.2 Å². The molecule has 1 saturated heterocycles. The molecule has 1 rings (SSSR count). The van der Waals surface area contributed by atoms with Gasteiger partial charge in [-0.25, -0.2) is 0 Å². The summed E-state index contributed by atoms with van der Waals surface area (Å²) >= 11 is 0. The maximum atomic E-state index is 5.98. The number of likely N-dealkylation sites (N-methyl/N-ethyl adjacent to an activating group) is 2. The zero-order valence-corrected chi connectivity index (χ0v) is 10.5. The predicted molar refractivity (Wildman–Crippen MR) is 64.2 cm³/mol. The first kappa shape index (κ1) is 12.9. The first-order chi connectivity index (χ1) is 7.30. The van der Waals surface area contributed by atoms with Gasteiger partial charge in [-0.2, -0.15) is 0 Å². The Balaban J connectivity index is 2.21. The smallest absolute Gasteiger partial charge is 0.0707 e. The van der Waals surface area contributed by atoms with Crippen LogP contribution in [0.1, 0.15) is 33.1 Å². The van der Waals surface area contributed by atoms with Crippen molar-refractivity contribution in [3.63, 3.8) is 0 Å². The summed E-state index contributed by atoms with van der Waals surface area (Å²) in [7, 11) is 1.99. The summed E-state index contributed by atoms with van der Waals surface area (Å²) in [5.41, 5.74) is 0. The number of nitrogens with zero attached hydrogens (tertiary/aromatic N) is 1. The molecular weight excluding hydrogens is 188 g/mol. The topological polar surface area (TPSA) is 24.5 Å². The number of nitrogens with one attached hydrogen (secondary N) is 1. The summed E-state index contributed by atoms with van der Waals surface area (Å²) in [6.45, 7) is 8.93. The van der Waals surface area contributed by atoms with Crippen LogP contribution in [-0.2, 0) is 4.74 Å². The zero-order valence-electron chi connectivity index (χ0n) is 10.5. The minimum atomic E-state index is 0.445. The van der Waals surface area contributed by atoms with Crippen molar-refractivity contribution >= 4 is 0 Å². The largest absolute Gasteiger partial charge is 0.372 e. The summed E-state index contributed by atoms with van der Waals surface area (Å²) < 4.78 is 5.98. The second-order valence-corrected chi connectivity index (χ2v) is 4.41. The predicted octanol–water partition coefficient (Wildman–Crippen LogP) is 1.49. The fourth-order valence-corrected chi connectivity index (χ4v) is 2.27. The van der Waals surface area contributed by atoms with Crippen molar-refractivity contribution in [3.8, 4) is 0 Å². The van der Waals surface area contributed by atoms with Crippen LogP contribution in [0, 0.1) is 0 Å². The van der Waals surface area contributed by atoms with E-state index in [2.05, 4.69) is 24.1 Å². The lowest BCUT2D eigenvalue weighted by Crippen LogP contribution is -2.34. The zero-order chi connectivity index (χ0) is 11.1. The molecule has 15 heavy (non-hydrogen) atoms. The highest BCUT2D eigenvalue weighted by Gasteiger charge is 2.25. The van der Waals surface area contributed by atoms with Gasteiger partial charge in [0.1, 0.15) is 0 Å². The van der Waals surface area contributed by atoms with Crippen LogP contribution < -0.4 is 5.32 Å². The third-order valence-corrected chi connectivity index (χ3v) is 3.08. The van der Waals surface area contributed by atoms with E-state index in [4.69, 9.17) is 4.74 Å². The second kappa shape index (κ2) is 7.20. The van der Waals surface area contributed by atoms with Crippen molar-refractivity contribution in [2.24, 2.45) is 0 Å². The van der Waals surface area contributed by atoms with Gasteiger partial charge < -0.3 is 15.0 Å². The SMILES string of the molecule is CCCN(CC)CC1CCC(CNC)O1. The first-order valence-corrected chi connectivity index (χ1v) is 6.32. The van der Waals surface area contributed by atoms with E-state index in [0.29, 0.717) is 12.2 Å². The highest BCUT2D eigenvalue weighted by Crippen LogP contribution is 2.20. The van der Waals surface area contributed by atoms with Gasteiger partial charge in [-0.15, -0.1) is 0 Å². The monoisotopic (exact) mass is 214 g/mol. The Kier molecular flexibility index (Phi) is 6.22. The molecule has 1 heterocycles. The van der Waals surface area contributed by atoms with Gasteiger partial charge in [-0.05, 0) is 39.4 Å². The van der Waals surface area contributed by atoms with Gasteiger partial charge in [0.15, 0.2) is 0 Å². The van der Waals surface area contributed by atoms with Crippen molar-refractivity contribution < 1.29 is 4.74 Å². The quantitative estimate of drug-likeness (QED) is 0.695. The maximum Gasteiger partial charge on any atom is 0.0707 e. The van der Waals surface area contributed by atoms with E-state index in [1.54, 1.807) is 0 Å². The molecule has 0 spiro atoms. The molecule has 3 heteroatoms. The van der Waals surface area contributed by atoms with Crippen LogP contribution in [0.5, 0.6) is 0 Å². The highest BCUT2D eigenvalue weighted by molar-refractivity contribution is 4.77. The Morgan fingerprint density at radius 3 is 2.60 bits per heavy atom. The molecule has 0 aromatic carbocycles. The fourth-order valence-electron chi connectivity index (χ4n) is 2.27. The summed E-state index contributed by atoms with van der Waals surface area (Å²) in [6.07, 6.45) is 4.59. The van der Waals surface area contributed by atoms with Crippen LogP contribution in [0.4, 0.5) is 0 Å². The Hall–Kier alpha value is -0.120. The van der Waals surface area contributed by atoms with Crippen molar-refractivity contribution in [1.29, 1.82) is 0 Å². The van der Waals surface area contributed by atoms with Crippen molar-refractivity contribution in [3.05, 3.63) is 0 Å². The number of hydrogen-bond acceptors (Lipinski definition) is 3. The van der Waals surface area contributed by atoms with Crippen LogP contribution in [0.3, 0.4) is 0 Å². The van der Waals surface area contributed by atoms with Gasteiger partial charge in [0.25, 0.3) is 0 Å². The third-order valence-electron chi connectivity index (χ3n) is 3.08. The van der Waals surface area contributed by atoms with E-state index in [9.17, 15) is 0 Å². The Morgan fingerprint density at radius 2 is 2.00 bits per heavy atom. The van der Waals surface area contributed by atoms with E-state index in [1.807, 2.05) is 7.05 Å². The van der Waals surface area contributed by atoms with Gasteiger partial charge in [0.2, 0.25) is 0 Å². The second-order valence-electron chi connectivity index (χ2n) is 4.41. The third kappa shape index (κ3) is 4.49. The fraction of sp³-hybridized carbons (Fsp3) is 1.00. The first-order valence-electron chi connectivity index (χ1n) is 6.32. The molecule has 2 unspecified atom stereocenters. The lowest BCUT2D eigenvalue weighted by molar-refractivity contribution is 0.0251. The molecule has 0 saturated carbocycles. The molecule has 3 nitrogen and oxygen atoms in total. The molecule has 1 N–H and O–H groups in total. The number of ether oxygens (including phenoxy) is 1. The van der Waals surface area contributed by atoms with Gasteiger partial charge in [-0.3, -0.25) is 0 Å². The van der Waals surface area contributed by atoms with Crippen molar-refractivity contribution in [2.45, 2.75) is 45.3 Å². The molecule has 0 aliphatic carbocycles. The van der Waals surface area contributed by atoms with E-state index in [0.717, 1.165) is 19.6 Å². The molecule has 1 fully saturated rings. The van der Waals surface area contributed by atoms with Gasteiger partial charge in [0.05, 0.1) is 12.2 Å². The van der Waals surface area contributed by atoms with Crippen LogP contribution in [0.2, 0.25) is 0 Å². The van der Waals surface area contributed by atoms with E-state index in [-0.39, 0.29) is 0 Å². The molecule has 0 amide bonds. The molecule has 1 aliphatic rings. The lowest BCUT2D eigenvalue weighted by atomic mass is 10.2. The minimum absolute atomic E-state index is 0.445. The summed E-state index contributed by atoms with van der Waals surface area (Å²) in [5.74, 6) is 0. The Morgan fingerprint density at radius 1 is 1.27 bits per heavy atom. The summed E-state index contributed by atoms with van der Waals surface area (Å²) in [4.78, 5) is 2.49. The molecule has 90 valence electrons. The van der Waals surface area contributed by atoms with Crippen LogP contribution in [0.25, 0.3) is 0 Å². The average molecular weight is 214 g/mol. The highest BCUT2D eigenvalue weighted by atomic mass is 16.5. The number of hydrogen-bond donors (Lipinski definition) is 1. The van der Waals surface area contributed by atoms with E-state index >= 15 is 0 Å².